The second-order valence-electron chi connectivity index (χ2n) is 5.33. The second-order valence-corrected chi connectivity index (χ2v) is 5.33. The van der Waals surface area contributed by atoms with Crippen molar-refractivity contribution in [1.29, 1.82) is 0 Å². The monoisotopic (exact) mass is 296 g/mol. The highest BCUT2D eigenvalue weighted by Crippen LogP contribution is 2.25. The van der Waals surface area contributed by atoms with Crippen LogP contribution < -0.4 is 0 Å². The van der Waals surface area contributed by atoms with E-state index in [0.29, 0.717) is 29.2 Å². The highest BCUT2D eigenvalue weighted by Gasteiger charge is 2.20. The molecular weight excluding hydrogens is 268 g/mol. The first kappa shape index (κ1) is 19.4. The van der Waals surface area contributed by atoms with E-state index in [1.54, 1.807) is 13.8 Å². The molecule has 0 radical (unpaired) electrons. The Morgan fingerprint density at radius 2 is 1.76 bits per heavy atom. The van der Waals surface area contributed by atoms with Crippen molar-refractivity contribution >= 4 is 11.9 Å². The first-order chi connectivity index (χ1) is 9.87. The van der Waals surface area contributed by atoms with Gasteiger partial charge in [-0.1, -0.05) is 46.1 Å². The predicted octanol–water partition coefficient (Wildman–Crippen LogP) is 4.16. The average Bonchev–Trinajstić information content (AvgIpc) is 2.48. The lowest BCUT2D eigenvalue weighted by molar-refractivity contribution is -0.137. The number of hydrogen-bond donors (Lipinski definition) is 0. The Kier molecular flexibility index (Phi) is 9.42. The van der Waals surface area contributed by atoms with Gasteiger partial charge in [0.1, 0.15) is 5.76 Å². The van der Waals surface area contributed by atoms with Crippen LogP contribution in [-0.2, 0) is 19.1 Å². The van der Waals surface area contributed by atoms with Crippen molar-refractivity contribution in [2.24, 2.45) is 5.92 Å². The lowest BCUT2D eigenvalue weighted by atomic mass is 9.93. The van der Waals surface area contributed by atoms with Crippen molar-refractivity contribution in [3.63, 3.8) is 0 Å². The van der Waals surface area contributed by atoms with Gasteiger partial charge in [0.05, 0.1) is 12.7 Å². The number of hydrogen-bond acceptors (Lipinski definition) is 4. The molecule has 0 bridgehead atoms. The fourth-order valence-corrected chi connectivity index (χ4v) is 1.94. The topological polar surface area (TPSA) is 52.6 Å². The molecule has 0 aliphatic carbocycles. The maximum atomic E-state index is 11.7. The zero-order valence-corrected chi connectivity index (χ0v) is 14.0. The van der Waals surface area contributed by atoms with Crippen molar-refractivity contribution in [2.45, 2.75) is 59.8 Å². The molecule has 120 valence electrons. The van der Waals surface area contributed by atoms with Gasteiger partial charge in [-0.3, -0.25) is 0 Å². The molecule has 0 saturated carbocycles. The van der Waals surface area contributed by atoms with Gasteiger partial charge in [0.25, 0.3) is 0 Å². The Balaban J connectivity index is 5.16. The summed E-state index contributed by atoms with van der Waals surface area (Å²) in [5.41, 5.74) is 0.661. The molecule has 0 amide bonds. The molecule has 0 aromatic rings. The predicted molar refractivity (Wildman–Crippen MR) is 83.5 cm³/mol. The zero-order valence-electron chi connectivity index (χ0n) is 14.0. The molecular formula is C17H28O4. The summed E-state index contributed by atoms with van der Waals surface area (Å²) in [6, 6.07) is 0. The lowest BCUT2D eigenvalue weighted by Gasteiger charge is -2.18. The third kappa shape index (κ3) is 7.11. The summed E-state index contributed by atoms with van der Waals surface area (Å²) in [4.78, 5) is 23.4. The summed E-state index contributed by atoms with van der Waals surface area (Å²) in [5.74, 6) is -0.182. The fraction of sp³-hybridized carbons (Fsp3) is 0.647. The maximum absolute atomic E-state index is 11.7. The van der Waals surface area contributed by atoms with Gasteiger partial charge in [-0.25, -0.2) is 9.59 Å². The fourth-order valence-electron chi connectivity index (χ4n) is 1.94. The molecule has 4 heteroatoms. The molecule has 0 heterocycles. The summed E-state index contributed by atoms with van der Waals surface area (Å²) >= 11 is 0. The molecule has 0 rings (SSSR count). The van der Waals surface area contributed by atoms with Gasteiger partial charge >= 0.3 is 11.9 Å². The standard InChI is InChI=1S/C17H28O4/c1-7-9-10-14(8-2)11-15(13(5)17(19)20-6)21-16(18)12(3)4/h14H,3,7-11H2,1-2,4-6H3. The first-order valence-corrected chi connectivity index (χ1v) is 7.52. The Labute approximate surface area is 128 Å². The summed E-state index contributed by atoms with van der Waals surface area (Å²) in [5, 5.41) is 0. The Hall–Kier alpha value is -1.58. The van der Waals surface area contributed by atoms with E-state index in [9.17, 15) is 9.59 Å². The molecule has 0 aromatic carbocycles. The van der Waals surface area contributed by atoms with Gasteiger partial charge in [0.15, 0.2) is 0 Å². The number of allylic oxidation sites excluding steroid dienone is 1. The van der Waals surface area contributed by atoms with Crippen molar-refractivity contribution < 1.29 is 19.1 Å². The van der Waals surface area contributed by atoms with Crippen molar-refractivity contribution in [1.82, 2.24) is 0 Å². The van der Waals surface area contributed by atoms with Crippen LogP contribution in [0.4, 0.5) is 0 Å². The molecule has 4 nitrogen and oxygen atoms in total. The van der Waals surface area contributed by atoms with E-state index < -0.39 is 11.9 Å². The van der Waals surface area contributed by atoms with Crippen LogP contribution >= 0.6 is 0 Å². The van der Waals surface area contributed by atoms with E-state index in [1.165, 1.54) is 7.11 Å². The van der Waals surface area contributed by atoms with Crippen LogP contribution in [0.3, 0.4) is 0 Å². The summed E-state index contributed by atoms with van der Waals surface area (Å²) in [7, 11) is 1.32. The minimum Gasteiger partial charge on any atom is -0.466 e. The van der Waals surface area contributed by atoms with Crippen LogP contribution in [0.2, 0.25) is 0 Å². The summed E-state index contributed by atoms with van der Waals surface area (Å²) in [6.45, 7) is 11.0. The largest absolute Gasteiger partial charge is 0.466 e. The van der Waals surface area contributed by atoms with Crippen molar-refractivity contribution in [3.8, 4) is 0 Å². The minimum absolute atomic E-state index is 0.312. The maximum Gasteiger partial charge on any atom is 0.338 e. The van der Waals surface area contributed by atoms with Crippen LogP contribution in [0.1, 0.15) is 59.8 Å². The molecule has 0 aliphatic heterocycles. The highest BCUT2D eigenvalue weighted by atomic mass is 16.5. The van der Waals surface area contributed by atoms with Crippen LogP contribution in [0.15, 0.2) is 23.5 Å². The van der Waals surface area contributed by atoms with Gasteiger partial charge in [-0.15, -0.1) is 0 Å². The number of rotatable bonds is 9. The second kappa shape index (κ2) is 10.2. The number of ether oxygens (including phenoxy) is 2. The van der Waals surface area contributed by atoms with Crippen LogP contribution in [-0.4, -0.2) is 19.0 Å². The van der Waals surface area contributed by atoms with Gasteiger partial charge < -0.3 is 9.47 Å². The molecule has 1 unspecified atom stereocenters. The van der Waals surface area contributed by atoms with E-state index in [0.717, 1.165) is 25.7 Å². The number of carbonyl (C=O) groups excluding carboxylic acids is 2. The van der Waals surface area contributed by atoms with E-state index >= 15 is 0 Å². The van der Waals surface area contributed by atoms with E-state index in [1.807, 2.05) is 0 Å². The number of unbranched alkanes of at least 4 members (excludes halogenated alkanes) is 1. The quantitative estimate of drug-likeness (QED) is 0.364. The highest BCUT2D eigenvalue weighted by molar-refractivity contribution is 5.91. The lowest BCUT2D eigenvalue weighted by Crippen LogP contribution is -2.14. The molecule has 0 saturated heterocycles. The molecule has 0 N–H and O–H groups in total. The molecule has 0 aliphatic rings. The zero-order chi connectivity index (χ0) is 16.4. The van der Waals surface area contributed by atoms with E-state index in [4.69, 9.17) is 9.47 Å². The van der Waals surface area contributed by atoms with Gasteiger partial charge in [0, 0.05) is 12.0 Å². The Morgan fingerprint density at radius 3 is 2.19 bits per heavy atom. The normalized spacial score (nSPS) is 13.2. The van der Waals surface area contributed by atoms with E-state index in [2.05, 4.69) is 20.4 Å². The van der Waals surface area contributed by atoms with Crippen LogP contribution in [0.25, 0.3) is 0 Å². The number of carbonyl (C=O) groups is 2. The third-order valence-electron chi connectivity index (χ3n) is 3.49. The molecule has 21 heavy (non-hydrogen) atoms. The average molecular weight is 296 g/mol. The van der Waals surface area contributed by atoms with Crippen LogP contribution in [0, 0.1) is 5.92 Å². The van der Waals surface area contributed by atoms with Gasteiger partial charge in [-0.2, -0.15) is 0 Å². The number of methoxy groups -OCH3 is 1. The number of esters is 2. The summed E-state index contributed by atoms with van der Waals surface area (Å²) < 4.78 is 10.1. The third-order valence-corrected chi connectivity index (χ3v) is 3.49. The summed E-state index contributed by atoms with van der Waals surface area (Å²) in [6.07, 6.45) is 4.84. The molecule has 0 spiro atoms. The van der Waals surface area contributed by atoms with Gasteiger partial charge in [-0.05, 0) is 19.8 Å². The van der Waals surface area contributed by atoms with Gasteiger partial charge in [0.2, 0.25) is 0 Å². The van der Waals surface area contributed by atoms with Crippen molar-refractivity contribution in [2.75, 3.05) is 7.11 Å². The molecule has 0 aromatic heterocycles. The Morgan fingerprint density at radius 1 is 1.14 bits per heavy atom. The van der Waals surface area contributed by atoms with Crippen LogP contribution in [0.5, 0.6) is 0 Å². The minimum atomic E-state index is -0.501. The van der Waals surface area contributed by atoms with E-state index in [-0.39, 0.29) is 0 Å². The SMILES string of the molecule is C=C(C)C(=O)OC(CC(CC)CCCC)=C(C)C(=O)OC. The molecule has 1 atom stereocenters. The Bertz CT molecular complexity index is 407. The van der Waals surface area contributed by atoms with Crippen molar-refractivity contribution in [3.05, 3.63) is 23.5 Å². The molecule has 0 fully saturated rings. The first-order valence-electron chi connectivity index (χ1n) is 7.52. The smallest absolute Gasteiger partial charge is 0.338 e.